The van der Waals surface area contributed by atoms with Crippen molar-refractivity contribution in [2.24, 2.45) is 17.3 Å². The van der Waals surface area contributed by atoms with Gasteiger partial charge in [-0.05, 0) is 25.2 Å². The predicted molar refractivity (Wildman–Crippen MR) is 60.9 cm³/mol. The van der Waals surface area contributed by atoms with Gasteiger partial charge < -0.3 is 10.1 Å². The normalized spacial score (nSPS) is 45.9. The molecule has 2 bridgehead atoms. The van der Waals surface area contributed by atoms with Crippen molar-refractivity contribution in [1.82, 2.24) is 5.32 Å². The Balaban J connectivity index is 1.85. The fraction of sp³-hybridized carbons (Fsp3) is 0.692. The quantitative estimate of drug-likeness (QED) is 0.574. The average Bonchev–Trinajstić information content (AvgIpc) is 2.78. The summed E-state index contributed by atoms with van der Waals surface area (Å²) in [6.45, 7) is 7.47. The summed E-state index contributed by atoms with van der Waals surface area (Å²) < 4.78 is 5.41. The molecule has 0 aromatic carbocycles. The lowest BCUT2D eigenvalue weighted by Crippen LogP contribution is -2.50. The minimum absolute atomic E-state index is 0.0112. The number of carbonyl (C=O) groups is 2. The van der Waals surface area contributed by atoms with Gasteiger partial charge in [-0.25, -0.2) is 0 Å². The first-order valence-corrected chi connectivity index (χ1v) is 6.09. The number of hydrogen-bond acceptors (Lipinski definition) is 3. The number of fused-ring (bicyclic) bond motifs is 1. The molecule has 2 saturated carbocycles. The molecule has 0 spiro atoms. The minimum Gasteiger partial charge on any atom is -0.460 e. The molecule has 3 fully saturated rings. The van der Waals surface area contributed by atoms with Gasteiger partial charge in [-0.2, -0.15) is 0 Å². The van der Waals surface area contributed by atoms with Crippen LogP contribution in [0.1, 0.15) is 26.7 Å². The van der Waals surface area contributed by atoms with Crippen LogP contribution in [0.25, 0.3) is 0 Å². The van der Waals surface area contributed by atoms with Crippen molar-refractivity contribution in [2.75, 3.05) is 0 Å². The highest BCUT2D eigenvalue weighted by Gasteiger charge is 2.67. The van der Waals surface area contributed by atoms with Crippen molar-refractivity contribution in [3.05, 3.63) is 12.2 Å². The summed E-state index contributed by atoms with van der Waals surface area (Å²) >= 11 is 0. The zero-order valence-corrected chi connectivity index (χ0v) is 10.2. The SMILES string of the molecule is C=C(C)C(=O)NC1C2OC(=O)C3CC1(C)CC32. The van der Waals surface area contributed by atoms with Crippen LogP contribution in [0.4, 0.5) is 0 Å². The maximum Gasteiger partial charge on any atom is 0.309 e. The molecule has 3 rings (SSSR count). The molecule has 92 valence electrons. The molecule has 5 unspecified atom stereocenters. The monoisotopic (exact) mass is 235 g/mol. The van der Waals surface area contributed by atoms with Gasteiger partial charge in [0.15, 0.2) is 0 Å². The first-order chi connectivity index (χ1) is 7.92. The number of amides is 1. The van der Waals surface area contributed by atoms with Crippen LogP contribution in [-0.2, 0) is 14.3 Å². The third kappa shape index (κ3) is 1.30. The highest BCUT2D eigenvalue weighted by Crippen LogP contribution is 2.61. The molecule has 1 N–H and O–H groups in total. The Morgan fingerprint density at radius 3 is 2.88 bits per heavy atom. The van der Waals surface area contributed by atoms with Crippen LogP contribution < -0.4 is 5.32 Å². The summed E-state index contributed by atoms with van der Waals surface area (Å²) in [5.41, 5.74) is 0.509. The molecule has 5 atom stereocenters. The summed E-state index contributed by atoms with van der Waals surface area (Å²) in [5.74, 6) is 0.171. The smallest absolute Gasteiger partial charge is 0.309 e. The van der Waals surface area contributed by atoms with Gasteiger partial charge in [0.1, 0.15) is 6.10 Å². The van der Waals surface area contributed by atoms with E-state index in [1.54, 1.807) is 6.92 Å². The number of nitrogens with one attached hydrogen (secondary N) is 1. The van der Waals surface area contributed by atoms with Crippen molar-refractivity contribution in [2.45, 2.75) is 38.8 Å². The molecule has 3 aliphatic rings. The number of hydrogen-bond donors (Lipinski definition) is 1. The number of carbonyl (C=O) groups excluding carboxylic acids is 2. The van der Waals surface area contributed by atoms with E-state index >= 15 is 0 Å². The first kappa shape index (κ1) is 10.8. The van der Waals surface area contributed by atoms with Crippen LogP contribution in [0.3, 0.4) is 0 Å². The molecule has 0 radical (unpaired) electrons. The molecule has 1 saturated heterocycles. The first-order valence-electron chi connectivity index (χ1n) is 6.09. The van der Waals surface area contributed by atoms with Gasteiger partial charge in [-0.3, -0.25) is 9.59 Å². The molecular weight excluding hydrogens is 218 g/mol. The van der Waals surface area contributed by atoms with E-state index in [0.717, 1.165) is 12.8 Å². The Labute approximate surface area is 100 Å². The second-order valence-electron chi connectivity index (χ2n) is 5.97. The molecule has 17 heavy (non-hydrogen) atoms. The van der Waals surface area contributed by atoms with E-state index in [2.05, 4.69) is 18.8 Å². The molecule has 4 heteroatoms. The largest absolute Gasteiger partial charge is 0.460 e. The van der Waals surface area contributed by atoms with E-state index in [4.69, 9.17) is 4.74 Å². The molecule has 0 aromatic heterocycles. The van der Waals surface area contributed by atoms with E-state index in [9.17, 15) is 9.59 Å². The number of esters is 1. The van der Waals surface area contributed by atoms with Gasteiger partial charge in [0.05, 0.1) is 12.0 Å². The minimum atomic E-state index is -0.136. The van der Waals surface area contributed by atoms with Gasteiger partial charge >= 0.3 is 5.97 Å². The summed E-state index contributed by atoms with van der Waals surface area (Å²) in [7, 11) is 0. The van der Waals surface area contributed by atoms with E-state index in [1.807, 2.05) is 0 Å². The Hall–Kier alpha value is -1.32. The van der Waals surface area contributed by atoms with Crippen molar-refractivity contribution in [1.29, 1.82) is 0 Å². The third-order valence-corrected chi connectivity index (χ3v) is 4.64. The van der Waals surface area contributed by atoms with Crippen molar-refractivity contribution in [3.8, 4) is 0 Å². The summed E-state index contributed by atoms with van der Waals surface area (Å²) in [6.07, 6.45) is 1.71. The summed E-state index contributed by atoms with van der Waals surface area (Å²) in [4.78, 5) is 23.4. The zero-order valence-electron chi connectivity index (χ0n) is 10.2. The van der Waals surface area contributed by atoms with Crippen LogP contribution in [0.15, 0.2) is 12.2 Å². The van der Waals surface area contributed by atoms with Gasteiger partial charge in [0, 0.05) is 11.5 Å². The predicted octanol–water partition coefficient (Wildman–Crippen LogP) is 1.02. The Morgan fingerprint density at radius 1 is 1.53 bits per heavy atom. The van der Waals surface area contributed by atoms with E-state index < -0.39 is 0 Å². The summed E-state index contributed by atoms with van der Waals surface area (Å²) in [5, 5.41) is 2.98. The molecule has 1 amide bonds. The number of ether oxygens (including phenoxy) is 1. The van der Waals surface area contributed by atoms with Crippen molar-refractivity contribution < 1.29 is 14.3 Å². The molecule has 0 aromatic rings. The second kappa shape index (κ2) is 3.12. The maximum absolute atomic E-state index is 11.7. The van der Waals surface area contributed by atoms with Crippen LogP contribution >= 0.6 is 0 Å². The molecule has 2 aliphatic carbocycles. The maximum atomic E-state index is 11.7. The fourth-order valence-electron chi connectivity index (χ4n) is 3.82. The third-order valence-electron chi connectivity index (χ3n) is 4.64. The molecule has 4 nitrogen and oxygen atoms in total. The van der Waals surface area contributed by atoms with Gasteiger partial charge in [-0.15, -0.1) is 0 Å². The van der Waals surface area contributed by atoms with Crippen LogP contribution in [-0.4, -0.2) is 24.0 Å². The van der Waals surface area contributed by atoms with Crippen molar-refractivity contribution >= 4 is 11.9 Å². The average molecular weight is 235 g/mol. The lowest BCUT2D eigenvalue weighted by Gasteiger charge is -2.33. The van der Waals surface area contributed by atoms with Gasteiger partial charge in [0.2, 0.25) is 5.91 Å². The lowest BCUT2D eigenvalue weighted by atomic mass is 9.77. The zero-order chi connectivity index (χ0) is 12.4. The summed E-state index contributed by atoms with van der Waals surface area (Å²) in [6, 6.07) is -0.0422. The van der Waals surface area contributed by atoms with Crippen LogP contribution in [0.5, 0.6) is 0 Å². The Morgan fingerprint density at radius 2 is 2.24 bits per heavy atom. The molecule has 1 heterocycles. The lowest BCUT2D eigenvalue weighted by molar-refractivity contribution is -0.144. The van der Waals surface area contributed by atoms with Crippen LogP contribution in [0, 0.1) is 17.3 Å². The van der Waals surface area contributed by atoms with Crippen LogP contribution in [0.2, 0.25) is 0 Å². The number of rotatable bonds is 2. The van der Waals surface area contributed by atoms with E-state index in [-0.39, 0.29) is 35.4 Å². The van der Waals surface area contributed by atoms with Crippen molar-refractivity contribution in [3.63, 3.8) is 0 Å². The standard InChI is InChI=1S/C13H17NO3/c1-6(2)11(15)14-10-9-7-4-13(10,3)5-8(7)12(16)17-9/h7-10H,1,4-5H2,2-3H3,(H,14,15). The molecule has 1 aliphatic heterocycles. The van der Waals surface area contributed by atoms with Gasteiger partial charge in [0.25, 0.3) is 0 Å². The van der Waals surface area contributed by atoms with Gasteiger partial charge in [-0.1, -0.05) is 13.5 Å². The topological polar surface area (TPSA) is 55.4 Å². The molecular formula is C13H17NO3. The Kier molecular flexibility index (Phi) is 1.98. The Bertz CT molecular complexity index is 430. The highest BCUT2D eigenvalue weighted by molar-refractivity contribution is 5.92. The highest BCUT2D eigenvalue weighted by atomic mass is 16.6. The van der Waals surface area contributed by atoms with E-state index in [0.29, 0.717) is 11.5 Å². The second-order valence-corrected chi connectivity index (χ2v) is 5.97. The van der Waals surface area contributed by atoms with E-state index in [1.165, 1.54) is 0 Å². The fourth-order valence-corrected chi connectivity index (χ4v) is 3.82.